The van der Waals surface area contributed by atoms with Crippen molar-refractivity contribution in [3.05, 3.63) is 71.0 Å². The van der Waals surface area contributed by atoms with E-state index in [0.717, 1.165) is 5.56 Å². The minimum absolute atomic E-state index is 0.149. The number of ether oxygens (including phenoxy) is 1. The molecule has 2 aromatic heterocycles. The van der Waals surface area contributed by atoms with Gasteiger partial charge in [0, 0.05) is 12.3 Å². The fraction of sp³-hybridized carbons (Fsp3) is 0.167. The topological polar surface area (TPSA) is 77.2 Å². The summed E-state index contributed by atoms with van der Waals surface area (Å²) in [5.41, 5.74) is 3.65. The van der Waals surface area contributed by atoms with E-state index in [9.17, 15) is 4.79 Å². The zero-order valence-corrected chi connectivity index (χ0v) is 13.4. The first-order valence-electron chi connectivity index (χ1n) is 7.47. The van der Waals surface area contributed by atoms with E-state index < -0.39 is 5.97 Å². The number of benzene rings is 1. The van der Waals surface area contributed by atoms with Gasteiger partial charge in [-0.3, -0.25) is 0 Å². The molecule has 0 fully saturated rings. The summed E-state index contributed by atoms with van der Waals surface area (Å²) < 4.78 is 7.31. The second-order valence-electron chi connectivity index (χ2n) is 5.50. The van der Waals surface area contributed by atoms with Gasteiger partial charge in [-0.05, 0) is 42.7 Å². The molecule has 3 rings (SSSR count). The van der Waals surface area contributed by atoms with Gasteiger partial charge in [-0.25, -0.2) is 9.78 Å². The molecule has 2 heterocycles. The number of carbonyl (C=O) groups is 1. The summed E-state index contributed by atoms with van der Waals surface area (Å²) in [7, 11) is 0. The van der Waals surface area contributed by atoms with E-state index in [1.807, 2.05) is 6.07 Å². The highest BCUT2D eigenvalue weighted by Gasteiger charge is 2.11. The van der Waals surface area contributed by atoms with Gasteiger partial charge in [0.25, 0.3) is 0 Å². The van der Waals surface area contributed by atoms with Crippen LogP contribution in [-0.2, 0) is 6.61 Å². The van der Waals surface area contributed by atoms with E-state index in [4.69, 9.17) is 9.84 Å². The van der Waals surface area contributed by atoms with Crippen molar-refractivity contribution in [2.24, 2.45) is 0 Å². The Labute approximate surface area is 139 Å². The Morgan fingerprint density at radius 2 is 1.96 bits per heavy atom. The Morgan fingerprint density at radius 1 is 1.12 bits per heavy atom. The molecule has 6 nitrogen and oxygen atoms in total. The van der Waals surface area contributed by atoms with Crippen LogP contribution in [0.3, 0.4) is 0 Å². The highest BCUT2D eigenvalue weighted by Crippen LogP contribution is 2.18. The number of carboxylic acid groups (broad SMARTS) is 1. The summed E-state index contributed by atoms with van der Waals surface area (Å²) in [5, 5.41) is 13.3. The Bertz CT molecular complexity index is 887. The van der Waals surface area contributed by atoms with Crippen LogP contribution in [0.4, 0.5) is 0 Å². The maximum atomic E-state index is 11.1. The molecule has 1 N–H and O–H groups in total. The molecule has 0 aliphatic rings. The van der Waals surface area contributed by atoms with Crippen LogP contribution in [-0.4, -0.2) is 25.8 Å². The molecule has 0 aliphatic carbocycles. The van der Waals surface area contributed by atoms with E-state index in [-0.39, 0.29) is 5.56 Å². The van der Waals surface area contributed by atoms with Crippen molar-refractivity contribution in [2.75, 3.05) is 0 Å². The van der Waals surface area contributed by atoms with Crippen LogP contribution >= 0.6 is 0 Å². The van der Waals surface area contributed by atoms with Crippen molar-refractivity contribution in [3.8, 4) is 11.7 Å². The number of carboxylic acids is 1. The fourth-order valence-electron chi connectivity index (χ4n) is 2.29. The van der Waals surface area contributed by atoms with E-state index in [2.05, 4.69) is 36.1 Å². The number of pyridine rings is 1. The largest absolute Gasteiger partial charge is 0.478 e. The molecular formula is C18H17N3O3. The van der Waals surface area contributed by atoms with Gasteiger partial charge in [-0.2, -0.15) is 9.78 Å². The Morgan fingerprint density at radius 3 is 2.71 bits per heavy atom. The average molecular weight is 323 g/mol. The standard InChI is InChI=1S/C18H17N3O3/c1-12-3-4-14(9-13(12)2)11-24-17-6-8-20-21(17)16-10-15(18(22)23)5-7-19-16/h3-10H,11H2,1-2H3,(H,22,23). The lowest BCUT2D eigenvalue weighted by molar-refractivity contribution is 0.0696. The van der Waals surface area contributed by atoms with E-state index >= 15 is 0 Å². The molecule has 0 unspecified atom stereocenters. The molecule has 6 heteroatoms. The molecule has 24 heavy (non-hydrogen) atoms. The molecule has 0 atom stereocenters. The highest BCUT2D eigenvalue weighted by atomic mass is 16.5. The first-order chi connectivity index (χ1) is 11.5. The third-order valence-electron chi connectivity index (χ3n) is 3.78. The van der Waals surface area contributed by atoms with Crippen molar-refractivity contribution >= 4 is 5.97 Å². The first kappa shape index (κ1) is 15.7. The number of aromatic nitrogens is 3. The second kappa shape index (κ2) is 6.54. The summed E-state index contributed by atoms with van der Waals surface area (Å²) in [6.45, 7) is 4.52. The molecule has 0 amide bonds. The van der Waals surface area contributed by atoms with Crippen LogP contribution in [0, 0.1) is 13.8 Å². The zero-order chi connectivity index (χ0) is 17.1. The molecule has 0 spiro atoms. The maximum absolute atomic E-state index is 11.1. The van der Waals surface area contributed by atoms with Gasteiger partial charge in [0.05, 0.1) is 11.8 Å². The fourth-order valence-corrected chi connectivity index (χ4v) is 2.29. The van der Waals surface area contributed by atoms with E-state index in [0.29, 0.717) is 18.3 Å². The molecule has 0 saturated carbocycles. The average Bonchev–Trinajstić information content (AvgIpc) is 3.04. The monoisotopic (exact) mass is 323 g/mol. The van der Waals surface area contributed by atoms with Crippen LogP contribution in [0.25, 0.3) is 5.82 Å². The number of aromatic carboxylic acids is 1. The van der Waals surface area contributed by atoms with E-state index in [1.165, 1.54) is 34.1 Å². The lowest BCUT2D eigenvalue weighted by Gasteiger charge is -2.10. The summed E-state index contributed by atoms with van der Waals surface area (Å²) >= 11 is 0. The third-order valence-corrected chi connectivity index (χ3v) is 3.78. The number of nitrogens with zero attached hydrogens (tertiary/aromatic N) is 3. The quantitative estimate of drug-likeness (QED) is 0.780. The highest BCUT2D eigenvalue weighted by molar-refractivity contribution is 5.87. The van der Waals surface area contributed by atoms with Gasteiger partial charge in [0.15, 0.2) is 5.82 Å². The summed E-state index contributed by atoms with van der Waals surface area (Å²) in [6.07, 6.45) is 3.03. The number of hydrogen-bond donors (Lipinski definition) is 1. The summed E-state index contributed by atoms with van der Waals surface area (Å²) in [4.78, 5) is 15.3. The van der Waals surface area contributed by atoms with Gasteiger partial charge in [-0.1, -0.05) is 18.2 Å². The number of aryl methyl sites for hydroxylation is 2. The molecule has 122 valence electrons. The second-order valence-corrected chi connectivity index (χ2v) is 5.50. The van der Waals surface area contributed by atoms with Crippen molar-refractivity contribution in [1.29, 1.82) is 0 Å². The predicted molar refractivity (Wildman–Crippen MR) is 88.6 cm³/mol. The van der Waals surface area contributed by atoms with Gasteiger partial charge in [0.1, 0.15) is 6.61 Å². The molecule has 3 aromatic rings. The first-order valence-corrected chi connectivity index (χ1v) is 7.47. The summed E-state index contributed by atoms with van der Waals surface area (Å²) in [6, 6.07) is 10.8. The van der Waals surface area contributed by atoms with Gasteiger partial charge in [0.2, 0.25) is 5.88 Å². The Balaban J connectivity index is 1.81. The smallest absolute Gasteiger partial charge is 0.335 e. The van der Waals surface area contributed by atoms with Crippen LogP contribution in [0.15, 0.2) is 48.8 Å². The minimum Gasteiger partial charge on any atom is -0.478 e. The van der Waals surface area contributed by atoms with Crippen molar-refractivity contribution in [1.82, 2.24) is 14.8 Å². The van der Waals surface area contributed by atoms with Crippen LogP contribution in [0.2, 0.25) is 0 Å². The van der Waals surface area contributed by atoms with Crippen LogP contribution in [0.5, 0.6) is 5.88 Å². The molecule has 0 aliphatic heterocycles. The molecule has 0 bridgehead atoms. The maximum Gasteiger partial charge on any atom is 0.335 e. The van der Waals surface area contributed by atoms with Crippen LogP contribution < -0.4 is 4.74 Å². The number of rotatable bonds is 5. The SMILES string of the molecule is Cc1ccc(COc2ccnn2-c2cc(C(=O)O)ccn2)cc1C. The molecular weight excluding hydrogens is 306 g/mol. The molecule has 0 saturated heterocycles. The minimum atomic E-state index is -1.01. The molecule has 1 aromatic carbocycles. The number of hydrogen-bond acceptors (Lipinski definition) is 4. The summed E-state index contributed by atoms with van der Waals surface area (Å²) in [5.74, 6) is -0.110. The van der Waals surface area contributed by atoms with Crippen molar-refractivity contribution in [2.45, 2.75) is 20.5 Å². The van der Waals surface area contributed by atoms with Gasteiger partial charge in [-0.15, -0.1) is 0 Å². The van der Waals surface area contributed by atoms with Gasteiger partial charge < -0.3 is 9.84 Å². The third kappa shape index (κ3) is 3.27. The van der Waals surface area contributed by atoms with Crippen molar-refractivity contribution < 1.29 is 14.6 Å². The van der Waals surface area contributed by atoms with E-state index in [1.54, 1.807) is 12.3 Å². The zero-order valence-electron chi connectivity index (χ0n) is 13.4. The van der Waals surface area contributed by atoms with Crippen molar-refractivity contribution in [3.63, 3.8) is 0 Å². The lowest BCUT2D eigenvalue weighted by Crippen LogP contribution is -2.06. The Hall–Kier alpha value is -3.15. The predicted octanol–water partition coefficient (Wildman–Crippen LogP) is 3.16. The lowest BCUT2D eigenvalue weighted by atomic mass is 10.1. The Kier molecular flexibility index (Phi) is 4.29. The molecule has 0 radical (unpaired) electrons. The normalized spacial score (nSPS) is 10.6. The van der Waals surface area contributed by atoms with Crippen LogP contribution in [0.1, 0.15) is 27.0 Å². The van der Waals surface area contributed by atoms with Gasteiger partial charge >= 0.3 is 5.97 Å².